The van der Waals surface area contributed by atoms with Crippen LogP contribution in [-0.4, -0.2) is 55.0 Å². The Morgan fingerprint density at radius 1 is 0.955 bits per heavy atom. The van der Waals surface area contributed by atoms with Gasteiger partial charge in [0.25, 0.3) is 0 Å². The molecule has 9 heteroatoms. The third kappa shape index (κ3) is 5.36. The maximum absolute atomic E-state index is 11.3. The lowest BCUT2D eigenvalue weighted by atomic mass is 9.95. The highest BCUT2D eigenvalue weighted by molar-refractivity contribution is 14.1. The van der Waals surface area contributed by atoms with Crippen molar-refractivity contribution in [3.8, 4) is 0 Å². The van der Waals surface area contributed by atoms with Gasteiger partial charge in [0.05, 0.1) is 6.10 Å². The second-order valence-corrected chi connectivity index (χ2v) is 5.39. The van der Waals surface area contributed by atoms with Crippen molar-refractivity contribution in [3.05, 3.63) is 0 Å². The topological polar surface area (TPSA) is 97.4 Å². The Morgan fingerprint density at radius 3 is 1.95 bits per heavy atom. The highest BCUT2D eigenvalue weighted by Gasteiger charge is 2.49. The first-order valence-corrected chi connectivity index (χ1v) is 7.55. The molecule has 5 atom stereocenters. The van der Waals surface area contributed by atoms with Crippen molar-refractivity contribution < 1.29 is 36.4 Å². The van der Waals surface area contributed by atoms with E-state index in [1.54, 1.807) is 29.9 Å². The van der Waals surface area contributed by atoms with Crippen molar-refractivity contribution in [1.29, 1.82) is 0 Å². The molecule has 1 aliphatic rings. The van der Waals surface area contributed by atoms with Crippen molar-refractivity contribution in [3.63, 3.8) is 0 Å². The molecule has 3 unspecified atom stereocenters. The van der Waals surface area contributed by atoms with E-state index in [0.29, 0.717) is 0 Å². The molecule has 0 bridgehead atoms. The Hall–Kier alpha value is -0.940. The van der Waals surface area contributed by atoms with Gasteiger partial charge in [-0.05, 0) is 6.92 Å². The van der Waals surface area contributed by atoms with Gasteiger partial charge >= 0.3 is 17.9 Å². The van der Waals surface area contributed by atoms with E-state index in [4.69, 9.17) is 22.0 Å². The SMILES string of the molecule is CC(=O)OCC1O[C@@H](C)C(OC(C)=O)C(OC(C)=O)[C@@H]1OI. The van der Waals surface area contributed by atoms with E-state index in [1.165, 1.54) is 20.8 Å². The maximum atomic E-state index is 11.3. The zero-order valence-electron chi connectivity index (χ0n) is 12.7. The minimum atomic E-state index is -0.859. The standard InChI is InChI=1S/C13H19IO8/c1-6-11(20-8(3)16)13(21-9(4)17)12(22-14)10(19-6)5-18-7(2)15/h6,10-13H,5H2,1-4H3/t6-,10?,11?,12+,13?/m0/s1. The summed E-state index contributed by atoms with van der Waals surface area (Å²) in [6.07, 6.45) is -3.62. The molecule has 8 nitrogen and oxygen atoms in total. The average molecular weight is 430 g/mol. The van der Waals surface area contributed by atoms with E-state index in [-0.39, 0.29) is 6.61 Å². The summed E-state index contributed by atoms with van der Waals surface area (Å²) in [5.41, 5.74) is 0. The Labute approximate surface area is 142 Å². The number of halogens is 1. The number of esters is 3. The van der Waals surface area contributed by atoms with Gasteiger partial charge in [-0.2, -0.15) is 0 Å². The highest BCUT2D eigenvalue weighted by atomic mass is 127. The molecule has 0 amide bonds. The van der Waals surface area contributed by atoms with E-state index in [9.17, 15) is 14.4 Å². The number of carbonyl (C=O) groups excluding carboxylic acids is 3. The van der Waals surface area contributed by atoms with Crippen LogP contribution >= 0.6 is 23.0 Å². The highest BCUT2D eigenvalue weighted by Crippen LogP contribution is 2.29. The smallest absolute Gasteiger partial charge is 0.303 e. The van der Waals surface area contributed by atoms with Gasteiger partial charge in [-0.3, -0.25) is 14.4 Å². The predicted molar refractivity (Wildman–Crippen MR) is 81.0 cm³/mol. The van der Waals surface area contributed by atoms with Gasteiger partial charge in [0.1, 0.15) is 41.8 Å². The van der Waals surface area contributed by atoms with Crippen LogP contribution in [0.15, 0.2) is 0 Å². The van der Waals surface area contributed by atoms with Crippen molar-refractivity contribution in [1.82, 2.24) is 0 Å². The van der Waals surface area contributed by atoms with Gasteiger partial charge in [-0.25, -0.2) is 0 Å². The van der Waals surface area contributed by atoms with Crippen LogP contribution in [0, 0.1) is 0 Å². The van der Waals surface area contributed by atoms with Gasteiger partial charge in [-0.1, -0.05) is 0 Å². The average Bonchev–Trinajstić information content (AvgIpc) is 2.39. The molecule has 1 heterocycles. The molecule has 126 valence electrons. The minimum Gasteiger partial charge on any atom is -0.463 e. The van der Waals surface area contributed by atoms with E-state index in [2.05, 4.69) is 0 Å². The molecule has 1 rings (SSSR count). The Kier molecular flexibility index (Phi) is 7.49. The van der Waals surface area contributed by atoms with Crippen LogP contribution < -0.4 is 0 Å². The summed E-state index contributed by atoms with van der Waals surface area (Å²) in [7, 11) is 0. The van der Waals surface area contributed by atoms with Gasteiger partial charge in [0.15, 0.2) is 12.2 Å². The molecule has 0 radical (unpaired) electrons. The second kappa shape index (κ2) is 8.63. The molecule has 22 heavy (non-hydrogen) atoms. The number of rotatable bonds is 5. The Balaban J connectivity index is 2.96. The van der Waals surface area contributed by atoms with Crippen molar-refractivity contribution in [2.45, 2.75) is 58.2 Å². The molecule has 0 aromatic carbocycles. The van der Waals surface area contributed by atoms with Gasteiger partial charge in [0.2, 0.25) is 0 Å². The summed E-state index contributed by atoms with van der Waals surface area (Å²) in [5, 5.41) is 0. The molecule has 1 saturated heterocycles. The molecule has 0 aliphatic carbocycles. The summed E-state index contributed by atoms with van der Waals surface area (Å²) >= 11 is 1.64. The maximum Gasteiger partial charge on any atom is 0.303 e. The first-order chi connectivity index (χ1) is 10.3. The van der Waals surface area contributed by atoms with Gasteiger partial charge in [0, 0.05) is 20.8 Å². The quantitative estimate of drug-likeness (QED) is 0.361. The van der Waals surface area contributed by atoms with E-state index < -0.39 is 48.4 Å². The first kappa shape index (κ1) is 19.1. The van der Waals surface area contributed by atoms with Crippen molar-refractivity contribution in [2.24, 2.45) is 0 Å². The lowest BCUT2D eigenvalue weighted by Crippen LogP contribution is -2.60. The molecular weight excluding hydrogens is 411 g/mol. The fourth-order valence-corrected chi connectivity index (χ4v) is 2.83. The molecular formula is C13H19IO8. The summed E-state index contributed by atoms with van der Waals surface area (Å²) in [6.45, 7) is 5.39. The second-order valence-electron chi connectivity index (χ2n) is 4.88. The van der Waals surface area contributed by atoms with E-state index in [1.807, 2.05) is 0 Å². The van der Waals surface area contributed by atoms with Crippen LogP contribution in [-0.2, 0) is 36.4 Å². The van der Waals surface area contributed by atoms with Crippen molar-refractivity contribution >= 4 is 40.9 Å². The third-order valence-corrected chi connectivity index (χ3v) is 3.61. The normalized spacial score (nSPS) is 31.2. The number of ether oxygens (including phenoxy) is 4. The molecule has 0 aromatic rings. The summed E-state index contributed by atoms with van der Waals surface area (Å²) in [5.74, 6) is -1.53. The fraction of sp³-hybridized carbons (Fsp3) is 0.769. The van der Waals surface area contributed by atoms with Crippen LogP contribution in [0.2, 0.25) is 0 Å². The first-order valence-electron chi connectivity index (χ1n) is 6.67. The minimum absolute atomic E-state index is 0.0576. The summed E-state index contributed by atoms with van der Waals surface area (Å²) in [6, 6.07) is 0. The largest absolute Gasteiger partial charge is 0.463 e. The van der Waals surface area contributed by atoms with Crippen LogP contribution in [0.25, 0.3) is 0 Å². The van der Waals surface area contributed by atoms with E-state index >= 15 is 0 Å². The number of carbonyl (C=O) groups is 3. The zero-order valence-corrected chi connectivity index (χ0v) is 14.9. The fourth-order valence-electron chi connectivity index (χ4n) is 2.22. The molecule has 1 aliphatic heterocycles. The third-order valence-electron chi connectivity index (χ3n) is 3.02. The molecule has 1 fully saturated rings. The Bertz CT molecular complexity index is 426. The lowest BCUT2D eigenvalue weighted by molar-refractivity contribution is -0.234. The molecule has 0 saturated carbocycles. The number of hydrogen-bond acceptors (Lipinski definition) is 8. The van der Waals surface area contributed by atoms with Crippen LogP contribution in [0.4, 0.5) is 0 Å². The van der Waals surface area contributed by atoms with Crippen molar-refractivity contribution in [2.75, 3.05) is 6.61 Å². The molecule has 0 N–H and O–H groups in total. The lowest BCUT2D eigenvalue weighted by Gasteiger charge is -2.43. The van der Waals surface area contributed by atoms with Crippen LogP contribution in [0.5, 0.6) is 0 Å². The zero-order chi connectivity index (χ0) is 16.9. The Morgan fingerprint density at radius 2 is 1.50 bits per heavy atom. The molecule has 0 spiro atoms. The summed E-state index contributed by atoms with van der Waals surface area (Å²) < 4.78 is 26.4. The number of hydrogen-bond donors (Lipinski definition) is 0. The van der Waals surface area contributed by atoms with E-state index in [0.717, 1.165) is 0 Å². The monoisotopic (exact) mass is 430 g/mol. The van der Waals surface area contributed by atoms with Crippen LogP contribution in [0.3, 0.4) is 0 Å². The van der Waals surface area contributed by atoms with Crippen LogP contribution in [0.1, 0.15) is 27.7 Å². The molecule has 0 aromatic heterocycles. The van der Waals surface area contributed by atoms with Gasteiger partial charge in [-0.15, -0.1) is 0 Å². The summed E-state index contributed by atoms with van der Waals surface area (Å²) in [4.78, 5) is 33.5. The predicted octanol–water partition coefficient (Wildman–Crippen LogP) is 0.935. The van der Waals surface area contributed by atoms with Gasteiger partial charge < -0.3 is 22.0 Å².